The minimum atomic E-state index is -0.873. The van der Waals surface area contributed by atoms with E-state index in [2.05, 4.69) is 27.4 Å². The lowest BCUT2D eigenvalue weighted by Gasteiger charge is -2.30. The quantitative estimate of drug-likeness (QED) is 0.352. The fourth-order valence-electron chi connectivity index (χ4n) is 4.42. The molecule has 0 saturated carbocycles. The topological polar surface area (TPSA) is 94.1 Å². The number of aromatic amines is 1. The average molecular weight is 462 g/mol. The molecule has 1 unspecified atom stereocenters. The van der Waals surface area contributed by atoms with Gasteiger partial charge in [-0.3, -0.25) is 0 Å². The van der Waals surface area contributed by atoms with Crippen LogP contribution in [-0.4, -0.2) is 44.1 Å². The van der Waals surface area contributed by atoms with E-state index in [4.69, 9.17) is 16.6 Å². The van der Waals surface area contributed by atoms with Crippen LogP contribution in [-0.2, 0) is 6.54 Å². The summed E-state index contributed by atoms with van der Waals surface area (Å²) < 4.78 is 0. The first-order chi connectivity index (χ1) is 16.1. The summed E-state index contributed by atoms with van der Waals surface area (Å²) in [5.41, 5.74) is 4.45. The maximum atomic E-state index is 11.4. The van der Waals surface area contributed by atoms with Crippen LogP contribution in [0.25, 0.3) is 22.3 Å². The van der Waals surface area contributed by atoms with Gasteiger partial charge in [0, 0.05) is 48.4 Å². The third-order valence-corrected chi connectivity index (χ3v) is 6.37. The Labute approximate surface area is 196 Å². The smallest absolute Gasteiger partial charge is 0.407 e. The van der Waals surface area contributed by atoms with Crippen LogP contribution in [0.2, 0.25) is 5.02 Å². The molecule has 1 aliphatic rings. The highest BCUT2D eigenvalue weighted by molar-refractivity contribution is 6.34. The first-order valence-electron chi connectivity index (χ1n) is 11.0. The van der Waals surface area contributed by atoms with Crippen molar-refractivity contribution in [2.45, 2.75) is 25.3 Å². The summed E-state index contributed by atoms with van der Waals surface area (Å²) in [6.45, 7) is 1.73. The van der Waals surface area contributed by atoms with Gasteiger partial charge in [-0.2, -0.15) is 0 Å². The summed E-state index contributed by atoms with van der Waals surface area (Å²) in [5, 5.41) is 14.2. The third kappa shape index (κ3) is 4.50. The number of carbonyl (C=O) groups is 1. The number of carboxylic acid groups (broad SMARTS) is 1. The van der Waals surface area contributed by atoms with E-state index < -0.39 is 6.09 Å². The monoisotopic (exact) mass is 461 g/mol. The first-order valence-corrected chi connectivity index (χ1v) is 11.4. The molecule has 4 heterocycles. The second-order valence-corrected chi connectivity index (χ2v) is 8.69. The number of fused-ring (bicyclic) bond motifs is 1. The number of nitrogens with one attached hydrogen (secondary N) is 2. The zero-order chi connectivity index (χ0) is 22.8. The van der Waals surface area contributed by atoms with Gasteiger partial charge in [-0.15, -0.1) is 0 Å². The molecule has 7 nitrogen and oxygen atoms in total. The number of hydrogen-bond donors (Lipinski definition) is 3. The fraction of sp³-hybridized carbons (Fsp3) is 0.240. The standard InChI is InChI=1S/C25H24ClN5O2/c26-19-14-28-24-18(12-21(30-24)17-8-5-11-31(15-17)25(32)33)23(19)20-9-4-10-22(29-20)27-13-16-6-2-1-3-7-16/h1-4,6-7,9-10,12,14,17H,5,8,11,13,15H2,(H,27,29)(H,28,30)(H,32,33). The summed E-state index contributed by atoms with van der Waals surface area (Å²) in [5.74, 6) is 0.861. The van der Waals surface area contributed by atoms with Gasteiger partial charge >= 0.3 is 6.09 Å². The maximum Gasteiger partial charge on any atom is 0.407 e. The first kappa shape index (κ1) is 21.3. The Balaban J connectivity index is 1.46. The van der Waals surface area contributed by atoms with E-state index in [1.165, 1.54) is 10.5 Å². The molecular weight excluding hydrogens is 438 g/mol. The molecule has 0 radical (unpaired) electrons. The van der Waals surface area contributed by atoms with Crippen molar-refractivity contribution in [1.29, 1.82) is 0 Å². The van der Waals surface area contributed by atoms with Crippen LogP contribution in [0.1, 0.15) is 30.0 Å². The van der Waals surface area contributed by atoms with Gasteiger partial charge in [-0.25, -0.2) is 14.8 Å². The number of H-pyrrole nitrogens is 1. The predicted molar refractivity (Wildman–Crippen MR) is 130 cm³/mol. The molecule has 0 aliphatic carbocycles. The highest BCUT2D eigenvalue weighted by atomic mass is 35.5. The second kappa shape index (κ2) is 9.11. The Morgan fingerprint density at radius 1 is 1.21 bits per heavy atom. The third-order valence-electron chi connectivity index (χ3n) is 6.09. The van der Waals surface area contributed by atoms with Crippen LogP contribution in [0, 0.1) is 0 Å². The molecule has 1 aromatic carbocycles. The van der Waals surface area contributed by atoms with Crippen molar-refractivity contribution >= 4 is 34.5 Å². The van der Waals surface area contributed by atoms with Crippen LogP contribution < -0.4 is 5.32 Å². The minimum absolute atomic E-state index is 0.0995. The van der Waals surface area contributed by atoms with E-state index in [9.17, 15) is 9.90 Å². The number of hydrogen-bond acceptors (Lipinski definition) is 4. The molecular formula is C25H24ClN5O2. The maximum absolute atomic E-state index is 11.4. The zero-order valence-corrected chi connectivity index (χ0v) is 18.7. The normalized spacial score (nSPS) is 16.2. The van der Waals surface area contributed by atoms with Crippen molar-refractivity contribution in [2.75, 3.05) is 18.4 Å². The van der Waals surface area contributed by atoms with Crippen LogP contribution >= 0.6 is 11.6 Å². The van der Waals surface area contributed by atoms with Gasteiger partial charge < -0.3 is 20.3 Å². The van der Waals surface area contributed by atoms with Gasteiger partial charge in [-0.1, -0.05) is 48.0 Å². The van der Waals surface area contributed by atoms with Crippen molar-refractivity contribution in [3.05, 3.63) is 77.1 Å². The molecule has 33 heavy (non-hydrogen) atoms. The molecule has 1 aliphatic heterocycles. The molecule has 1 amide bonds. The van der Waals surface area contributed by atoms with E-state index in [0.717, 1.165) is 46.6 Å². The van der Waals surface area contributed by atoms with Gasteiger partial charge in [0.05, 0.1) is 10.7 Å². The molecule has 5 rings (SSSR count). The van der Waals surface area contributed by atoms with Crippen molar-refractivity contribution in [3.8, 4) is 11.3 Å². The number of halogens is 1. The van der Waals surface area contributed by atoms with Crippen LogP contribution in [0.3, 0.4) is 0 Å². The number of amides is 1. The number of nitrogens with zero attached hydrogens (tertiary/aromatic N) is 3. The van der Waals surface area contributed by atoms with E-state index >= 15 is 0 Å². The Hall–Kier alpha value is -3.58. The Kier molecular flexibility index (Phi) is 5.88. The molecule has 8 heteroatoms. The number of aromatic nitrogens is 3. The number of piperidine rings is 1. The summed E-state index contributed by atoms with van der Waals surface area (Å²) in [4.78, 5) is 25.6. The number of rotatable bonds is 5. The second-order valence-electron chi connectivity index (χ2n) is 8.28. The molecule has 4 aromatic rings. The number of likely N-dealkylation sites (tertiary alicyclic amines) is 1. The van der Waals surface area contributed by atoms with Crippen LogP contribution in [0.4, 0.5) is 10.6 Å². The molecule has 0 bridgehead atoms. The van der Waals surface area contributed by atoms with E-state index in [1.54, 1.807) is 6.20 Å². The number of anilines is 1. The molecule has 0 spiro atoms. The van der Waals surface area contributed by atoms with Crippen molar-refractivity contribution in [3.63, 3.8) is 0 Å². The SMILES string of the molecule is O=C(O)N1CCCC(c2cc3c(-c4cccc(NCc5ccccc5)n4)c(Cl)cnc3[nH]2)C1. The summed E-state index contributed by atoms with van der Waals surface area (Å²) in [6, 6.07) is 18.0. The lowest BCUT2D eigenvalue weighted by molar-refractivity contribution is 0.130. The van der Waals surface area contributed by atoms with Crippen molar-refractivity contribution in [2.24, 2.45) is 0 Å². The zero-order valence-electron chi connectivity index (χ0n) is 18.0. The van der Waals surface area contributed by atoms with Crippen LogP contribution in [0.15, 0.2) is 60.8 Å². The molecule has 1 fully saturated rings. The number of benzene rings is 1. The predicted octanol–water partition coefficient (Wildman–Crippen LogP) is 5.75. The summed E-state index contributed by atoms with van der Waals surface area (Å²) >= 11 is 6.60. The van der Waals surface area contributed by atoms with E-state index in [1.807, 2.05) is 42.5 Å². The van der Waals surface area contributed by atoms with Crippen molar-refractivity contribution in [1.82, 2.24) is 19.9 Å². The highest BCUT2D eigenvalue weighted by Crippen LogP contribution is 2.36. The van der Waals surface area contributed by atoms with E-state index in [-0.39, 0.29) is 5.92 Å². The Bertz CT molecular complexity index is 1290. The molecule has 3 N–H and O–H groups in total. The molecule has 1 atom stereocenters. The average Bonchev–Trinajstić information content (AvgIpc) is 3.28. The van der Waals surface area contributed by atoms with Crippen LogP contribution in [0.5, 0.6) is 0 Å². The van der Waals surface area contributed by atoms with Crippen molar-refractivity contribution < 1.29 is 9.90 Å². The summed E-state index contributed by atoms with van der Waals surface area (Å²) in [6.07, 6.45) is 2.53. The van der Waals surface area contributed by atoms with Gasteiger partial charge in [0.25, 0.3) is 0 Å². The Morgan fingerprint density at radius 3 is 2.88 bits per heavy atom. The lowest BCUT2D eigenvalue weighted by atomic mass is 9.95. The Morgan fingerprint density at radius 2 is 2.06 bits per heavy atom. The van der Waals surface area contributed by atoms with Gasteiger partial charge in [0.2, 0.25) is 0 Å². The lowest BCUT2D eigenvalue weighted by Crippen LogP contribution is -2.38. The molecule has 1 saturated heterocycles. The molecule has 168 valence electrons. The fourth-order valence-corrected chi connectivity index (χ4v) is 4.66. The largest absolute Gasteiger partial charge is 0.465 e. The van der Waals surface area contributed by atoms with Gasteiger partial charge in [0.15, 0.2) is 0 Å². The minimum Gasteiger partial charge on any atom is -0.465 e. The van der Waals surface area contributed by atoms with Gasteiger partial charge in [-0.05, 0) is 36.6 Å². The molecule has 3 aromatic heterocycles. The highest BCUT2D eigenvalue weighted by Gasteiger charge is 2.26. The summed E-state index contributed by atoms with van der Waals surface area (Å²) in [7, 11) is 0. The van der Waals surface area contributed by atoms with E-state index in [0.29, 0.717) is 24.7 Å². The number of pyridine rings is 2. The van der Waals surface area contributed by atoms with Gasteiger partial charge in [0.1, 0.15) is 11.5 Å².